The number of aliphatic hydroxyl groups is 1. The highest BCUT2D eigenvalue weighted by atomic mass is 16.5. The minimum absolute atomic E-state index is 0.163. The molecule has 1 atom stereocenters. The Bertz CT molecular complexity index is 225. The van der Waals surface area contributed by atoms with Crippen LogP contribution in [0.3, 0.4) is 0 Å². The van der Waals surface area contributed by atoms with Crippen molar-refractivity contribution in [2.45, 2.75) is 77.5 Å². The van der Waals surface area contributed by atoms with Crippen molar-refractivity contribution < 1.29 is 9.84 Å². The van der Waals surface area contributed by atoms with Gasteiger partial charge in [-0.2, -0.15) is 0 Å². The summed E-state index contributed by atoms with van der Waals surface area (Å²) in [5.41, 5.74) is -0.212. The normalized spacial score (nSPS) is 28.3. The first kappa shape index (κ1) is 15.9. The monoisotopic (exact) mass is 257 g/mol. The highest BCUT2D eigenvalue weighted by Gasteiger charge is 2.25. The van der Waals surface area contributed by atoms with Crippen LogP contribution in [0.25, 0.3) is 0 Å². The number of hydrogen-bond acceptors (Lipinski definition) is 3. The Hall–Kier alpha value is -0.120. The second-order valence-corrected chi connectivity index (χ2v) is 6.52. The van der Waals surface area contributed by atoms with Crippen molar-refractivity contribution in [2.24, 2.45) is 5.92 Å². The molecule has 2 N–H and O–H groups in total. The van der Waals surface area contributed by atoms with Gasteiger partial charge in [0.1, 0.15) is 0 Å². The molecule has 0 aromatic rings. The van der Waals surface area contributed by atoms with Crippen molar-refractivity contribution in [2.75, 3.05) is 13.2 Å². The van der Waals surface area contributed by atoms with E-state index in [4.69, 9.17) is 4.74 Å². The van der Waals surface area contributed by atoms with E-state index in [1.54, 1.807) is 0 Å². The van der Waals surface area contributed by atoms with Gasteiger partial charge in [0.15, 0.2) is 0 Å². The maximum absolute atomic E-state index is 9.49. The van der Waals surface area contributed by atoms with Gasteiger partial charge in [-0.15, -0.1) is 0 Å². The quantitative estimate of drug-likeness (QED) is 0.737. The van der Waals surface area contributed by atoms with E-state index in [-0.39, 0.29) is 12.1 Å². The van der Waals surface area contributed by atoms with Gasteiger partial charge < -0.3 is 15.2 Å². The van der Waals surface area contributed by atoms with Crippen molar-refractivity contribution in [3.05, 3.63) is 0 Å². The Morgan fingerprint density at radius 2 is 1.89 bits per heavy atom. The van der Waals surface area contributed by atoms with Gasteiger partial charge >= 0.3 is 0 Å². The summed E-state index contributed by atoms with van der Waals surface area (Å²) in [6.45, 7) is 9.52. The number of ether oxygens (including phenoxy) is 1. The molecule has 0 amide bonds. The lowest BCUT2D eigenvalue weighted by Gasteiger charge is -2.32. The summed E-state index contributed by atoms with van der Waals surface area (Å²) < 4.78 is 5.96. The number of rotatable bonds is 7. The first-order chi connectivity index (χ1) is 8.45. The third-order valence-corrected chi connectivity index (χ3v) is 3.96. The molecule has 0 saturated heterocycles. The van der Waals surface area contributed by atoms with Crippen LogP contribution in [-0.4, -0.2) is 36.0 Å². The molecule has 0 bridgehead atoms. The molecule has 18 heavy (non-hydrogen) atoms. The zero-order valence-corrected chi connectivity index (χ0v) is 12.5. The fraction of sp³-hybridized carbons (Fsp3) is 1.00. The summed E-state index contributed by atoms with van der Waals surface area (Å²) in [4.78, 5) is 0. The second-order valence-electron chi connectivity index (χ2n) is 6.52. The molecule has 1 aliphatic rings. The maximum atomic E-state index is 9.49. The molecule has 0 aromatic carbocycles. The number of nitrogens with one attached hydrogen (secondary N) is 1. The zero-order valence-electron chi connectivity index (χ0n) is 12.5. The Kier molecular flexibility index (Phi) is 6.61. The third-order valence-electron chi connectivity index (χ3n) is 3.96. The largest absolute Gasteiger partial charge is 0.394 e. The van der Waals surface area contributed by atoms with E-state index >= 15 is 0 Å². The summed E-state index contributed by atoms with van der Waals surface area (Å²) in [6, 6.07) is 0.387. The van der Waals surface area contributed by atoms with E-state index in [2.05, 4.69) is 33.0 Å². The molecule has 1 saturated carbocycles. The van der Waals surface area contributed by atoms with E-state index in [0.29, 0.717) is 12.1 Å². The van der Waals surface area contributed by atoms with E-state index < -0.39 is 0 Å². The fourth-order valence-corrected chi connectivity index (χ4v) is 2.74. The lowest BCUT2D eigenvalue weighted by Crippen LogP contribution is -2.49. The van der Waals surface area contributed by atoms with Crippen LogP contribution in [0.1, 0.15) is 59.8 Å². The molecule has 3 heteroatoms. The molecule has 3 nitrogen and oxygen atoms in total. The van der Waals surface area contributed by atoms with Crippen LogP contribution in [0.5, 0.6) is 0 Å². The van der Waals surface area contributed by atoms with Gasteiger partial charge in [0, 0.05) is 18.2 Å². The Morgan fingerprint density at radius 3 is 2.39 bits per heavy atom. The van der Waals surface area contributed by atoms with Crippen molar-refractivity contribution in [3.63, 3.8) is 0 Å². The lowest BCUT2D eigenvalue weighted by molar-refractivity contribution is 0.00354. The van der Waals surface area contributed by atoms with E-state index in [1.807, 2.05) is 0 Å². The standard InChI is InChI=1S/C15H31NO2/c1-12(2)16-15(4,11-17)9-10-18-14-7-5-13(3)6-8-14/h12-14,16-17H,5-11H2,1-4H3. The van der Waals surface area contributed by atoms with Crippen molar-refractivity contribution in [1.29, 1.82) is 0 Å². The second kappa shape index (κ2) is 7.46. The highest BCUT2D eigenvalue weighted by molar-refractivity contribution is 4.84. The molecule has 0 aromatic heterocycles. The topological polar surface area (TPSA) is 41.5 Å². The van der Waals surface area contributed by atoms with E-state index in [0.717, 1.165) is 18.9 Å². The predicted octanol–water partition coefficient (Wildman–Crippen LogP) is 2.72. The van der Waals surface area contributed by atoms with Crippen LogP contribution in [0.15, 0.2) is 0 Å². The Labute approximate surface area is 112 Å². The van der Waals surface area contributed by atoms with E-state index in [9.17, 15) is 5.11 Å². The predicted molar refractivity (Wildman–Crippen MR) is 75.8 cm³/mol. The molecular formula is C15H31NO2. The smallest absolute Gasteiger partial charge is 0.0611 e. The van der Waals surface area contributed by atoms with E-state index in [1.165, 1.54) is 25.7 Å². The maximum Gasteiger partial charge on any atom is 0.0611 e. The molecule has 108 valence electrons. The molecule has 0 heterocycles. The summed E-state index contributed by atoms with van der Waals surface area (Å²) >= 11 is 0. The third kappa shape index (κ3) is 5.68. The van der Waals surface area contributed by atoms with Crippen molar-refractivity contribution >= 4 is 0 Å². The van der Waals surface area contributed by atoms with Gasteiger partial charge in [-0.05, 0) is 44.9 Å². The first-order valence-corrected chi connectivity index (χ1v) is 7.45. The molecule has 1 rings (SSSR count). The summed E-state index contributed by atoms with van der Waals surface area (Å²) in [5, 5.41) is 12.9. The van der Waals surface area contributed by atoms with Crippen LogP contribution >= 0.6 is 0 Å². The van der Waals surface area contributed by atoms with Crippen LogP contribution < -0.4 is 5.32 Å². The van der Waals surface area contributed by atoms with Gasteiger partial charge in [0.05, 0.1) is 12.7 Å². The van der Waals surface area contributed by atoms with Crippen LogP contribution in [0.4, 0.5) is 0 Å². The molecule has 0 radical (unpaired) electrons. The summed E-state index contributed by atoms with van der Waals surface area (Å²) in [6.07, 6.45) is 6.32. The zero-order chi connectivity index (χ0) is 13.6. The van der Waals surface area contributed by atoms with Gasteiger partial charge in [0.25, 0.3) is 0 Å². The van der Waals surface area contributed by atoms with Crippen LogP contribution in [0.2, 0.25) is 0 Å². The van der Waals surface area contributed by atoms with Gasteiger partial charge in [0.2, 0.25) is 0 Å². The fourth-order valence-electron chi connectivity index (χ4n) is 2.74. The average Bonchev–Trinajstić information content (AvgIpc) is 2.31. The molecular weight excluding hydrogens is 226 g/mol. The van der Waals surface area contributed by atoms with Gasteiger partial charge in [-0.3, -0.25) is 0 Å². The van der Waals surface area contributed by atoms with Crippen LogP contribution in [0, 0.1) is 5.92 Å². The number of aliphatic hydroxyl groups excluding tert-OH is 1. The SMILES string of the molecule is CC1CCC(OCCC(C)(CO)NC(C)C)CC1. The molecule has 1 unspecified atom stereocenters. The lowest BCUT2D eigenvalue weighted by atomic mass is 9.89. The number of hydrogen-bond donors (Lipinski definition) is 2. The molecule has 1 aliphatic carbocycles. The van der Waals surface area contributed by atoms with Crippen molar-refractivity contribution in [1.82, 2.24) is 5.32 Å². The molecule has 0 aliphatic heterocycles. The highest BCUT2D eigenvalue weighted by Crippen LogP contribution is 2.26. The van der Waals surface area contributed by atoms with Gasteiger partial charge in [-0.25, -0.2) is 0 Å². The minimum atomic E-state index is -0.212. The van der Waals surface area contributed by atoms with Gasteiger partial charge in [-0.1, -0.05) is 20.8 Å². The first-order valence-electron chi connectivity index (χ1n) is 7.45. The Morgan fingerprint density at radius 1 is 1.28 bits per heavy atom. The minimum Gasteiger partial charge on any atom is -0.394 e. The summed E-state index contributed by atoms with van der Waals surface area (Å²) in [5.74, 6) is 0.871. The molecule has 0 spiro atoms. The average molecular weight is 257 g/mol. The Balaban J connectivity index is 2.22. The molecule has 1 fully saturated rings. The summed E-state index contributed by atoms with van der Waals surface area (Å²) in [7, 11) is 0. The van der Waals surface area contributed by atoms with Crippen molar-refractivity contribution in [3.8, 4) is 0 Å². The van der Waals surface area contributed by atoms with Crippen LogP contribution in [-0.2, 0) is 4.74 Å².